The molecule has 0 amide bonds. The summed E-state index contributed by atoms with van der Waals surface area (Å²) in [5, 5.41) is 0. The third-order valence-corrected chi connectivity index (χ3v) is 2.76. The fourth-order valence-corrected chi connectivity index (χ4v) is 1.94. The van der Waals surface area contributed by atoms with E-state index in [1.165, 1.54) is 11.5 Å². The number of rotatable bonds is 2. The smallest absolute Gasteiger partial charge is 0.128 e. The number of hydrogen-bond acceptors (Lipinski definition) is 3. The van der Waals surface area contributed by atoms with Gasteiger partial charge in [0.15, 0.2) is 0 Å². The summed E-state index contributed by atoms with van der Waals surface area (Å²) >= 11 is 7.10. The second-order valence-electron chi connectivity index (χ2n) is 2.72. The topological polar surface area (TPSA) is 22.1 Å². The highest BCUT2D eigenvalue weighted by Gasteiger charge is 2.07. The molecular formula is C10H8ClNOS. The molecule has 2 aromatic rings. The highest BCUT2D eigenvalue weighted by molar-refractivity contribution is 7.10. The predicted octanol–water partition coefficient (Wildman–Crippen LogP) is 3.47. The average Bonchev–Trinajstić information content (AvgIpc) is 2.65. The van der Waals surface area contributed by atoms with Crippen molar-refractivity contribution in [3.8, 4) is 17.0 Å². The van der Waals surface area contributed by atoms with Crippen LogP contribution in [0.3, 0.4) is 0 Å². The first-order valence-electron chi connectivity index (χ1n) is 4.07. The van der Waals surface area contributed by atoms with Gasteiger partial charge in [0.1, 0.15) is 10.1 Å². The van der Waals surface area contributed by atoms with E-state index in [1.54, 1.807) is 7.11 Å². The molecule has 0 saturated heterocycles. The van der Waals surface area contributed by atoms with E-state index in [0.717, 1.165) is 17.0 Å². The van der Waals surface area contributed by atoms with Crippen LogP contribution in [0.25, 0.3) is 11.3 Å². The van der Waals surface area contributed by atoms with Gasteiger partial charge in [0.05, 0.1) is 12.8 Å². The van der Waals surface area contributed by atoms with E-state index < -0.39 is 0 Å². The highest BCUT2D eigenvalue weighted by atomic mass is 35.5. The van der Waals surface area contributed by atoms with Gasteiger partial charge in [-0.2, -0.15) is 4.37 Å². The summed E-state index contributed by atoms with van der Waals surface area (Å²) in [7, 11) is 1.65. The summed E-state index contributed by atoms with van der Waals surface area (Å²) in [5.74, 6) is 0.814. The van der Waals surface area contributed by atoms with Crippen LogP contribution in [0.5, 0.6) is 5.75 Å². The Kier molecular flexibility index (Phi) is 2.70. The molecule has 4 heteroatoms. The quantitative estimate of drug-likeness (QED) is 0.781. The number of methoxy groups -OCH3 is 1. The Hall–Kier alpha value is -1.06. The molecule has 0 spiro atoms. The van der Waals surface area contributed by atoms with Gasteiger partial charge in [-0.05, 0) is 29.7 Å². The number of para-hydroxylation sites is 1. The summed E-state index contributed by atoms with van der Waals surface area (Å²) in [6.07, 6.45) is 0. The van der Waals surface area contributed by atoms with Crippen molar-refractivity contribution in [1.29, 1.82) is 0 Å². The largest absolute Gasteiger partial charge is 0.496 e. The lowest BCUT2D eigenvalue weighted by atomic mass is 10.1. The predicted molar refractivity (Wildman–Crippen MR) is 59.1 cm³/mol. The van der Waals surface area contributed by atoms with E-state index >= 15 is 0 Å². The first-order chi connectivity index (χ1) is 6.81. The minimum absolute atomic E-state index is 0.686. The third-order valence-electron chi connectivity index (χ3n) is 1.86. The van der Waals surface area contributed by atoms with Gasteiger partial charge in [0.2, 0.25) is 0 Å². The summed E-state index contributed by atoms with van der Waals surface area (Å²) in [6.45, 7) is 0. The lowest BCUT2D eigenvalue weighted by Gasteiger charge is -2.04. The molecule has 0 N–H and O–H groups in total. The van der Waals surface area contributed by atoms with Gasteiger partial charge in [-0.25, -0.2) is 0 Å². The fourth-order valence-electron chi connectivity index (χ4n) is 1.24. The van der Waals surface area contributed by atoms with E-state index in [4.69, 9.17) is 16.3 Å². The summed E-state index contributed by atoms with van der Waals surface area (Å²) < 4.78 is 10.1. The lowest BCUT2D eigenvalue weighted by molar-refractivity contribution is 0.416. The van der Waals surface area contributed by atoms with Crippen molar-refractivity contribution in [3.05, 3.63) is 34.7 Å². The molecule has 2 nitrogen and oxygen atoms in total. The molecule has 1 aromatic heterocycles. The van der Waals surface area contributed by atoms with Gasteiger partial charge >= 0.3 is 0 Å². The Morgan fingerprint density at radius 1 is 1.36 bits per heavy atom. The van der Waals surface area contributed by atoms with Crippen LogP contribution in [-0.4, -0.2) is 11.5 Å². The fraction of sp³-hybridized carbons (Fsp3) is 0.100. The SMILES string of the molecule is COc1ccccc1-c1cc(Cl)sn1. The van der Waals surface area contributed by atoms with Crippen molar-refractivity contribution in [3.63, 3.8) is 0 Å². The zero-order valence-corrected chi connectivity index (χ0v) is 9.10. The second-order valence-corrected chi connectivity index (χ2v) is 4.15. The Labute approximate surface area is 91.3 Å². The molecule has 0 aliphatic carbocycles. The molecule has 2 rings (SSSR count). The lowest BCUT2D eigenvalue weighted by Crippen LogP contribution is -1.86. The van der Waals surface area contributed by atoms with Gasteiger partial charge < -0.3 is 4.74 Å². The van der Waals surface area contributed by atoms with E-state index in [0.29, 0.717) is 4.34 Å². The van der Waals surface area contributed by atoms with Gasteiger partial charge in [-0.15, -0.1) is 0 Å². The molecule has 0 aliphatic heterocycles. The number of nitrogens with zero attached hydrogens (tertiary/aromatic N) is 1. The molecule has 72 valence electrons. The van der Waals surface area contributed by atoms with E-state index in [-0.39, 0.29) is 0 Å². The summed E-state index contributed by atoms with van der Waals surface area (Å²) in [6, 6.07) is 9.58. The van der Waals surface area contributed by atoms with Crippen LogP contribution in [0.15, 0.2) is 30.3 Å². The van der Waals surface area contributed by atoms with Gasteiger partial charge in [0.25, 0.3) is 0 Å². The summed E-state index contributed by atoms with van der Waals surface area (Å²) in [4.78, 5) is 0. The Bertz CT molecular complexity index is 441. The molecule has 0 saturated carbocycles. The molecule has 0 atom stereocenters. The van der Waals surface area contributed by atoms with Crippen LogP contribution in [0.1, 0.15) is 0 Å². The zero-order valence-electron chi connectivity index (χ0n) is 7.53. The Balaban J connectivity index is 2.50. The minimum atomic E-state index is 0.686. The molecule has 0 unspecified atom stereocenters. The van der Waals surface area contributed by atoms with Crippen LogP contribution in [-0.2, 0) is 0 Å². The van der Waals surface area contributed by atoms with Crippen molar-refractivity contribution in [2.45, 2.75) is 0 Å². The molecule has 1 aromatic carbocycles. The zero-order chi connectivity index (χ0) is 9.97. The van der Waals surface area contributed by atoms with Crippen LogP contribution < -0.4 is 4.74 Å². The molecule has 0 radical (unpaired) electrons. The van der Waals surface area contributed by atoms with Crippen molar-refractivity contribution in [2.75, 3.05) is 7.11 Å². The molecule has 0 aliphatic rings. The number of halogens is 1. The molecular weight excluding hydrogens is 218 g/mol. The minimum Gasteiger partial charge on any atom is -0.496 e. The molecule has 0 fully saturated rings. The first-order valence-corrected chi connectivity index (χ1v) is 5.22. The van der Waals surface area contributed by atoms with Crippen molar-refractivity contribution in [2.24, 2.45) is 0 Å². The van der Waals surface area contributed by atoms with E-state index in [2.05, 4.69) is 4.37 Å². The summed E-state index contributed by atoms with van der Waals surface area (Å²) in [5.41, 5.74) is 1.83. The van der Waals surface area contributed by atoms with Gasteiger partial charge in [0, 0.05) is 5.56 Å². The van der Waals surface area contributed by atoms with Gasteiger partial charge in [-0.3, -0.25) is 0 Å². The van der Waals surface area contributed by atoms with Crippen molar-refractivity contribution < 1.29 is 4.74 Å². The van der Waals surface area contributed by atoms with E-state index in [9.17, 15) is 0 Å². The van der Waals surface area contributed by atoms with Crippen molar-refractivity contribution >= 4 is 23.1 Å². The van der Waals surface area contributed by atoms with Gasteiger partial charge in [-0.1, -0.05) is 23.7 Å². The number of hydrogen-bond donors (Lipinski definition) is 0. The Morgan fingerprint density at radius 2 is 2.14 bits per heavy atom. The van der Waals surface area contributed by atoms with Crippen LogP contribution >= 0.6 is 23.1 Å². The number of ether oxygens (including phenoxy) is 1. The first kappa shape index (κ1) is 9.49. The van der Waals surface area contributed by atoms with Crippen LogP contribution in [0.4, 0.5) is 0 Å². The highest BCUT2D eigenvalue weighted by Crippen LogP contribution is 2.31. The maximum absolute atomic E-state index is 5.82. The maximum Gasteiger partial charge on any atom is 0.128 e. The normalized spacial score (nSPS) is 10.1. The number of benzene rings is 1. The van der Waals surface area contributed by atoms with Crippen molar-refractivity contribution in [1.82, 2.24) is 4.37 Å². The van der Waals surface area contributed by atoms with E-state index in [1.807, 2.05) is 30.3 Å². The van der Waals surface area contributed by atoms with Crippen LogP contribution in [0, 0.1) is 0 Å². The molecule has 14 heavy (non-hydrogen) atoms. The standard InChI is InChI=1S/C10H8ClNOS/c1-13-9-5-3-2-4-7(9)8-6-10(11)14-12-8/h2-6H,1H3. The molecule has 0 bridgehead atoms. The number of aromatic nitrogens is 1. The molecule has 1 heterocycles. The maximum atomic E-state index is 5.82. The average molecular weight is 226 g/mol. The monoisotopic (exact) mass is 225 g/mol. The van der Waals surface area contributed by atoms with Crippen LogP contribution in [0.2, 0.25) is 4.34 Å². The Morgan fingerprint density at radius 3 is 2.79 bits per heavy atom. The third kappa shape index (κ3) is 1.74. The second kappa shape index (κ2) is 3.98.